The van der Waals surface area contributed by atoms with Crippen molar-refractivity contribution in [1.29, 1.82) is 0 Å². The molecule has 0 aromatic carbocycles. The number of nitrogens with two attached hydrogens (primary N) is 1. The number of carbonyl (C=O) groups is 1. The highest BCUT2D eigenvalue weighted by Crippen LogP contribution is 2.36. The molecular weight excluding hydrogens is 264 g/mol. The van der Waals surface area contributed by atoms with Gasteiger partial charge >= 0.3 is 0 Å². The summed E-state index contributed by atoms with van der Waals surface area (Å²) in [6.45, 7) is 0.835. The van der Waals surface area contributed by atoms with Gasteiger partial charge in [-0.25, -0.2) is 10.8 Å². The molecule has 0 radical (unpaired) electrons. The molecule has 3 rings (SSSR count). The van der Waals surface area contributed by atoms with Crippen LogP contribution in [0.3, 0.4) is 0 Å². The molecule has 0 bridgehead atoms. The highest BCUT2D eigenvalue weighted by Gasteiger charge is 2.37. The minimum Gasteiger partial charge on any atom is -0.334 e. The maximum Gasteiger partial charge on any atom is 0.274 e. The van der Waals surface area contributed by atoms with Gasteiger partial charge in [0.2, 0.25) is 0 Å². The number of pyridine rings is 1. The van der Waals surface area contributed by atoms with Crippen LogP contribution in [0.1, 0.15) is 36.2 Å². The third kappa shape index (κ3) is 2.82. The van der Waals surface area contributed by atoms with E-state index in [1.54, 1.807) is 12.1 Å². The van der Waals surface area contributed by atoms with Crippen molar-refractivity contribution >= 4 is 23.3 Å². The third-order valence-electron chi connectivity index (χ3n) is 3.60. The number of halogens is 1. The van der Waals surface area contributed by atoms with E-state index in [0.717, 1.165) is 19.4 Å². The van der Waals surface area contributed by atoms with Gasteiger partial charge in [-0.05, 0) is 43.7 Å². The van der Waals surface area contributed by atoms with Crippen molar-refractivity contribution in [3.63, 3.8) is 0 Å². The minimum atomic E-state index is -0.0727. The van der Waals surface area contributed by atoms with E-state index < -0.39 is 0 Å². The van der Waals surface area contributed by atoms with E-state index in [1.165, 1.54) is 12.8 Å². The van der Waals surface area contributed by atoms with Gasteiger partial charge in [-0.3, -0.25) is 4.79 Å². The quantitative estimate of drug-likeness (QED) is 0.639. The number of hydrogen-bond acceptors (Lipinski definition) is 4. The molecular formula is C13H17ClN4O. The van der Waals surface area contributed by atoms with Crippen molar-refractivity contribution in [3.8, 4) is 0 Å². The summed E-state index contributed by atoms with van der Waals surface area (Å²) in [4.78, 5) is 18.7. The van der Waals surface area contributed by atoms with Crippen molar-refractivity contribution in [2.45, 2.75) is 31.7 Å². The predicted molar refractivity (Wildman–Crippen MR) is 73.8 cm³/mol. The van der Waals surface area contributed by atoms with Crippen LogP contribution in [0.5, 0.6) is 0 Å². The first kappa shape index (κ1) is 12.7. The first-order valence-corrected chi connectivity index (χ1v) is 7.01. The Morgan fingerprint density at radius 1 is 1.42 bits per heavy atom. The highest BCUT2D eigenvalue weighted by molar-refractivity contribution is 6.33. The lowest BCUT2D eigenvalue weighted by Crippen LogP contribution is -2.35. The van der Waals surface area contributed by atoms with Crippen molar-refractivity contribution < 1.29 is 4.79 Å². The van der Waals surface area contributed by atoms with Crippen molar-refractivity contribution in [1.82, 2.24) is 9.88 Å². The molecule has 2 aliphatic carbocycles. The number of aromatic nitrogens is 1. The molecule has 0 unspecified atom stereocenters. The molecule has 1 amide bonds. The molecule has 102 valence electrons. The maximum absolute atomic E-state index is 12.6. The van der Waals surface area contributed by atoms with E-state index >= 15 is 0 Å². The van der Waals surface area contributed by atoms with Gasteiger partial charge in [0.1, 0.15) is 11.5 Å². The van der Waals surface area contributed by atoms with Crippen LogP contribution < -0.4 is 11.3 Å². The lowest BCUT2D eigenvalue weighted by Gasteiger charge is -2.22. The molecule has 1 aromatic heterocycles. The molecule has 2 fully saturated rings. The molecule has 3 N–H and O–H groups in total. The summed E-state index contributed by atoms with van der Waals surface area (Å²) in [6.07, 6.45) is 4.62. The van der Waals surface area contributed by atoms with Crippen LogP contribution >= 0.6 is 11.6 Å². The number of amides is 1. The second-order valence-corrected chi connectivity index (χ2v) is 5.71. The fourth-order valence-corrected chi connectivity index (χ4v) is 2.36. The fraction of sp³-hybridized carbons (Fsp3) is 0.538. The lowest BCUT2D eigenvalue weighted by molar-refractivity contribution is 0.0729. The smallest absolute Gasteiger partial charge is 0.274 e. The number of hydrazine groups is 1. The van der Waals surface area contributed by atoms with E-state index in [9.17, 15) is 4.79 Å². The number of anilines is 1. The zero-order valence-corrected chi connectivity index (χ0v) is 11.4. The van der Waals surface area contributed by atoms with Crippen LogP contribution in [0.4, 0.5) is 5.82 Å². The topological polar surface area (TPSA) is 71.2 Å². The molecule has 5 nitrogen and oxygen atoms in total. The minimum absolute atomic E-state index is 0.0727. The van der Waals surface area contributed by atoms with Crippen LogP contribution in [0.25, 0.3) is 0 Å². The summed E-state index contributed by atoms with van der Waals surface area (Å²) in [5.41, 5.74) is 2.74. The number of hydrogen-bond donors (Lipinski definition) is 2. The number of nitrogens with zero attached hydrogens (tertiary/aromatic N) is 2. The normalized spacial score (nSPS) is 18.2. The van der Waals surface area contributed by atoms with E-state index in [2.05, 4.69) is 10.4 Å². The van der Waals surface area contributed by atoms with Crippen molar-refractivity contribution in [2.75, 3.05) is 12.0 Å². The standard InChI is InChI=1S/C13H17ClN4O/c14-10-5-6-11(17-15)16-12(10)13(19)18(9-3-4-9)7-8-1-2-8/h5-6,8-9H,1-4,7,15H2,(H,16,17). The zero-order valence-electron chi connectivity index (χ0n) is 10.6. The van der Waals surface area contributed by atoms with Gasteiger partial charge in [-0.1, -0.05) is 11.6 Å². The summed E-state index contributed by atoms with van der Waals surface area (Å²) in [5, 5.41) is 0.380. The summed E-state index contributed by atoms with van der Waals surface area (Å²) >= 11 is 6.09. The highest BCUT2D eigenvalue weighted by atomic mass is 35.5. The van der Waals surface area contributed by atoms with Crippen LogP contribution in [-0.4, -0.2) is 28.4 Å². The first-order valence-electron chi connectivity index (χ1n) is 6.63. The summed E-state index contributed by atoms with van der Waals surface area (Å²) in [5.74, 6) is 6.37. The van der Waals surface area contributed by atoms with E-state index in [4.69, 9.17) is 17.4 Å². The summed E-state index contributed by atoms with van der Waals surface area (Å²) < 4.78 is 0. The van der Waals surface area contributed by atoms with Crippen LogP contribution in [0, 0.1) is 5.92 Å². The third-order valence-corrected chi connectivity index (χ3v) is 3.90. The van der Waals surface area contributed by atoms with E-state index in [0.29, 0.717) is 28.5 Å². The van der Waals surface area contributed by atoms with Crippen LogP contribution in [0.15, 0.2) is 12.1 Å². The first-order chi connectivity index (χ1) is 9.19. The Labute approximate surface area is 117 Å². The molecule has 0 atom stereocenters. The Balaban J connectivity index is 1.83. The van der Waals surface area contributed by atoms with Crippen LogP contribution in [0.2, 0.25) is 5.02 Å². The number of nitrogen functional groups attached to an aromatic ring is 1. The Morgan fingerprint density at radius 2 is 2.16 bits per heavy atom. The van der Waals surface area contributed by atoms with E-state index in [1.807, 2.05) is 4.90 Å². The molecule has 6 heteroatoms. The van der Waals surface area contributed by atoms with Crippen LogP contribution in [-0.2, 0) is 0 Å². The number of rotatable bonds is 5. The maximum atomic E-state index is 12.6. The second kappa shape index (κ2) is 4.98. The molecule has 0 spiro atoms. The van der Waals surface area contributed by atoms with Gasteiger partial charge in [0, 0.05) is 12.6 Å². The second-order valence-electron chi connectivity index (χ2n) is 5.30. The predicted octanol–water partition coefficient (Wildman–Crippen LogP) is 2.04. The Hall–Kier alpha value is -1.33. The van der Waals surface area contributed by atoms with Gasteiger partial charge in [0.15, 0.2) is 0 Å². The lowest BCUT2D eigenvalue weighted by atomic mass is 10.2. The van der Waals surface area contributed by atoms with Gasteiger partial charge < -0.3 is 10.3 Å². The van der Waals surface area contributed by atoms with Crippen molar-refractivity contribution in [2.24, 2.45) is 11.8 Å². The number of nitrogens with one attached hydrogen (secondary N) is 1. The summed E-state index contributed by atoms with van der Waals surface area (Å²) in [7, 11) is 0. The van der Waals surface area contributed by atoms with Gasteiger partial charge in [0.25, 0.3) is 5.91 Å². The zero-order chi connectivity index (χ0) is 13.4. The molecule has 2 saturated carbocycles. The Bertz CT molecular complexity index is 499. The molecule has 19 heavy (non-hydrogen) atoms. The van der Waals surface area contributed by atoms with Gasteiger partial charge in [-0.15, -0.1) is 0 Å². The average Bonchev–Trinajstić information content (AvgIpc) is 3.28. The van der Waals surface area contributed by atoms with Crippen molar-refractivity contribution in [3.05, 3.63) is 22.8 Å². The molecule has 1 heterocycles. The van der Waals surface area contributed by atoms with Gasteiger partial charge in [-0.2, -0.15) is 0 Å². The SMILES string of the molecule is NNc1ccc(Cl)c(C(=O)N(CC2CC2)C2CC2)n1. The molecule has 1 aromatic rings. The van der Waals surface area contributed by atoms with E-state index in [-0.39, 0.29) is 5.91 Å². The fourth-order valence-electron chi connectivity index (χ4n) is 2.17. The Kier molecular flexibility index (Phi) is 3.33. The Morgan fingerprint density at radius 3 is 2.74 bits per heavy atom. The molecule has 2 aliphatic rings. The summed E-state index contributed by atoms with van der Waals surface area (Å²) in [6, 6.07) is 3.68. The molecule has 0 aliphatic heterocycles. The molecule has 0 saturated heterocycles. The largest absolute Gasteiger partial charge is 0.334 e. The monoisotopic (exact) mass is 280 g/mol. The number of carbonyl (C=O) groups excluding carboxylic acids is 1. The van der Waals surface area contributed by atoms with Gasteiger partial charge in [0.05, 0.1) is 5.02 Å². The average molecular weight is 281 g/mol.